The Bertz CT molecular complexity index is 531. The molecule has 0 saturated heterocycles. The number of aliphatic hydroxyl groups is 1. The van der Waals surface area contributed by atoms with E-state index in [2.05, 4.69) is 54.6 Å². The lowest BCUT2D eigenvalue weighted by atomic mass is 9.99. The fraction of sp³-hybridized carbons (Fsp3) is 0.611. The molecule has 23 heavy (non-hydrogen) atoms. The molecule has 0 radical (unpaired) electrons. The zero-order valence-electron chi connectivity index (χ0n) is 14.4. The summed E-state index contributed by atoms with van der Waals surface area (Å²) in [5.41, 5.74) is 3.75. The van der Waals surface area contributed by atoms with Gasteiger partial charge in [0, 0.05) is 32.4 Å². The molecule has 1 aliphatic heterocycles. The number of amides is 2. The number of nitrogens with zero attached hydrogens (tertiary/aromatic N) is 1. The van der Waals surface area contributed by atoms with Gasteiger partial charge in [-0.3, -0.25) is 0 Å². The van der Waals surface area contributed by atoms with Gasteiger partial charge in [-0.2, -0.15) is 0 Å². The van der Waals surface area contributed by atoms with E-state index in [9.17, 15) is 9.90 Å². The van der Waals surface area contributed by atoms with Gasteiger partial charge in [0.15, 0.2) is 0 Å². The number of carbonyl (C=O) groups excluding carboxylic acids is 1. The summed E-state index contributed by atoms with van der Waals surface area (Å²) in [7, 11) is 2.12. The molecule has 1 atom stereocenters. The lowest BCUT2D eigenvalue weighted by Gasteiger charge is -2.27. The molecule has 1 heterocycles. The minimum Gasteiger partial charge on any atom is -0.391 e. The van der Waals surface area contributed by atoms with Gasteiger partial charge in [-0.1, -0.05) is 26.0 Å². The van der Waals surface area contributed by atoms with Gasteiger partial charge in [0.2, 0.25) is 0 Å². The first-order valence-corrected chi connectivity index (χ1v) is 8.48. The van der Waals surface area contributed by atoms with Crippen LogP contribution < -0.4 is 15.5 Å². The van der Waals surface area contributed by atoms with E-state index in [1.807, 2.05) is 0 Å². The summed E-state index contributed by atoms with van der Waals surface area (Å²) in [5, 5.41) is 15.3. The van der Waals surface area contributed by atoms with E-state index in [0.29, 0.717) is 25.4 Å². The summed E-state index contributed by atoms with van der Waals surface area (Å²) in [5.74, 6) is 0.420. The Morgan fingerprint density at radius 3 is 2.87 bits per heavy atom. The molecule has 1 aromatic rings. The van der Waals surface area contributed by atoms with Crippen LogP contribution in [0.2, 0.25) is 0 Å². The van der Waals surface area contributed by atoms with Gasteiger partial charge in [-0.25, -0.2) is 4.79 Å². The second-order valence-corrected chi connectivity index (χ2v) is 6.84. The molecular weight excluding hydrogens is 290 g/mol. The first kappa shape index (κ1) is 17.6. The molecule has 0 saturated carbocycles. The molecule has 3 N–H and O–H groups in total. The van der Waals surface area contributed by atoms with Crippen molar-refractivity contribution < 1.29 is 9.90 Å². The van der Waals surface area contributed by atoms with Crippen LogP contribution in [0.4, 0.5) is 10.5 Å². The van der Waals surface area contributed by atoms with Gasteiger partial charge < -0.3 is 20.6 Å². The zero-order chi connectivity index (χ0) is 16.8. The third-order valence-electron chi connectivity index (χ3n) is 4.19. The molecule has 128 valence electrons. The number of hydrogen-bond acceptors (Lipinski definition) is 3. The smallest absolute Gasteiger partial charge is 0.315 e. The molecular formula is C18H29N3O2. The van der Waals surface area contributed by atoms with Gasteiger partial charge >= 0.3 is 6.03 Å². The predicted octanol–water partition coefficient (Wildman–Crippen LogP) is 2.28. The van der Waals surface area contributed by atoms with E-state index in [1.165, 1.54) is 17.7 Å². The molecule has 2 amide bonds. The number of hydrogen-bond donors (Lipinski definition) is 3. The van der Waals surface area contributed by atoms with Crippen molar-refractivity contribution in [3.8, 4) is 0 Å². The Kier molecular flexibility index (Phi) is 6.28. The van der Waals surface area contributed by atoms with Crippen LogP contribution in [0, 0.1) is 5.92 Å². The maximum Gasteiger partial charge on any atom is 0.315 e. The highest BCUT2D eigenvalue weighted by Gasteiger charge is 2.14. The molecule has 0 bridgehead atoms. The molecule has 5 heteroatoms. The fourth-order valence-electron chi connectivity index (χ4n) is 3.03. The van der Waals surface area contributed by atoms with Crippen molar-refractivity contribution in [2.24, 2.45) is 5.92 Å². The Morgan fingerprint density at radius 1 is 1.35 bits per heavy atom. The van der Waals surface area contributed by atoms with E-state index in [4.69, 9.17) is 0 Å². The van der Waals surface area contributed by atoms with Crippen molar-refractivity contribution in [3.63, 3.8) is 0 Å². The topological polar surface area (TPSA) is 64.6 Å². The van der Waals surface area contributed by atoms with E-state index >= 15 is 0 Å². The van der Waals surface area contributed by atoms with Crippen LogP contribution in [0.25, 0.3) is 0 Å². The number of fused-ring (bicyclic) bond motifs is 1. The van der Waals surface area contributed by atoms with Gasteiger partial charge in [0.25, 0.3) is 0 Å². The van der Waals surface area contributed by atoms with Gasteiger partial charge in [-0.05, 0) is 42.4 Å². The van der Waals surface area contributed by atoms with Crippen LogP contribution in [0.1, 0.15) is 37.8 Å². The minimum absolute atomic E-state index is 0.234. The maximum absolute atomic E-state index is 11.8. The normalized spacial score (nSPS) is 15.3. The number of aliphatic hydroxyl groups excluding tert-OH is 1. The van der Waals surface area contributed by atoms with Crippen molar-refractivity contribution in [1.82, 2.24) is 10.6 Å². The first-order valence-electron chi connectivity index (χ1n) is 8.48. The molecule has 0 spiro atoms. The molecule has 1 aliphatic rings. The summed E-state index contributed by atoms with van der Waals surface area (Å²) in [4.78, 5) is 14.1. The summed E-state index contributed by atoms with van der Waals surface area (Å²) < 4.78 is 0. The van der Waals surface area contributed by atoms with Crippen LogP contribution in [0.15, 0.2) is 18.2 Å². The summed E-state index contributed by atoms with van der Waals surface area (Å²) >= 11 is 0. The largest absolute Gasteiger partial charge is 0.391 e. The summed E-state index contributed by atoms with van der Waals surface area (Å²) in [6, 6.07) is 6.14. The molecule has 1 unspecified atom stereocenters. The van der Waals surface area contributed by atoms with Gasteiger partial charge in [-0.15, -0.1) is 0 Å². The van der Waals surface area contributed by atoms with Crippen LogP contribution >= 0.6 is 0 Å². The standard InChI is InChI=1S/C18H29N3O2/c1-13(2)9-16(22)12-20-18(23)19-11-14-6-7-17-15(10-14)5-4-8-21(17)3/h6-7,10,13,16,22H,4-5,8-9,11-12H2,1-3H3,(H2,19,20,23). The number of nitrogens with one attached hydrogen (secondary N) is 2. The Morgan fingerprint density at radius 2 is 2.13 bits per heavy atom. The zero-order valence-corrected chi connectivity index (χ0v) is 14.4. The number of urea groups is 1. The highest BCUT2D eigenvalue weighted by Crippen LogP contribution is 2.26. The second-order valence-electron chi connectivity index (χ2n) is 6.84. The van der Waals surface area contributed by atoms with Crippen LogP contribution in [-0.4, -0.2) is 37.4 Å². The Hall–Kier alpha value is -1.75. The average molecular weight is 319 g/mol. The van der Waals surface area contributed by atoms with E-state index in [0.717, 1.165) is 18.5 Å². The molecule has 5 nitrogen and oxygen atoms in total. The first-order chi connectivity index (χ1) is 11.0. The molecule has 2 rings (SSSR count). The van der Waals surface area contributed by atoms with Crippen molar-refractivity contribution in [2.45, 2.75) is 45.8 Å². The van der Waals surface area contributed by atoms with Crippen LogP contribution in [0.5, 0.6) is 0 Å². The molecule has 0 aliphatic carbocycles. The van der Waals surface area contributed by atoms with Crippen molar-refractivity contribution in [1.29, 1.82) is 0 Å². The number of anilines is 1. The van der Waals surface area contributed by atoms with Crippen molar-refractivity contribution in [3.05, 3.63) is 29.3 Å². The number of benzene rings is 1. The monoisotopic (exact) mass is 319 g/mol. The van der Waals surface area contributed by atoms with Gasteiger partial charge in [0.05, 0.1) is 6.10 Å². The third kappa shape index (κ3) is 5.43. The summed E-state index contributed by atoms with van der Waals surface area (Å²) in [6.07, 6.45) is 2.48. The number of rotatable bonds is 6. The summed E-state index contributed by atoms with van der Waals surface area (Å²) in [6.45, 7) is 6.00. The molecule has 0 fully saturated rings. The average Bonchev–Trinajstić information content (AvgIpc) is 2.50. The maximum atomic E-state index is 11.8. The minimum atomic E-state index is -0.486. The highest BCUT2D eigenvalue weighted by atomic mass is 16.3. The van der Waals surface area contributed by atoms with Crippen molar-refractivity contribution >= 4 is 11.7 Å². The van der Waals surface area contributed by atoms with E-state index < -0.39 is 6.10 Å². The van der Waals surface area contributed by atoms with E-state index in [-0.39, 0.29) is 6.03 Å². The SMILES string of the molecule is CC(C)CC(O)CNC(=O)NCc1ccc2c(c1)CCCN2C. The lowest BCUT2D eigenvalue weighted by molar-refractivity contribution is 0.147. The fourth-order valence-corrected chi connectivity index (χ4v) is 3.03. The van der Waals surface area contributed by atoms with Crippen molar-refractivity contribution in [2.75, 3.05) is 25.0 Å². The molecule has 0 aromatic heterocycles. The van der Waals surface area contributed by atoms with Crippen LogP contribution in [-0.2, 0) is 13.0 Å². The highest BCUT2D eigenvalue weighted by molar-refractivity contribution is 5.73. The third-order valence-corrected chi connectivity index (χ3v) is 4.19. The van der Waals surface area contributed by atoms with Crippen LogP contribution in [0.3, 0.4) is 0 Å². The quantitative estimate of drug-likeness (QED) is 0.754. The number of aryl methyl sites for hydroxylation is 1. The Labute approximate surface area is 139 Å². The van der Waals surface area contributed by atoms with Gasteiger partial charge in [0.1, 0.15) is 0 Å². The number of carbonyl (C=O) groups is 1. The van der Waals surface area contributed by atoms with E-state index in [1.54, 1.807) is 0 Å². The Balaban J connectivity index is 1.78. The molecule has 1 aromatic carbocycles. The second kappa shape index (κ2) is 8.20. The lowest BCUT2D eigenvalue weighted by Crippen LogP contribution is -2.39. The predicted molar refractivity (Wildman–Crippen MR) is 93.7 cm³/mol.